The molecule has 0 unspecified atom stereocenters. The van der Waals surface area contributed by atoms with E-state index in [0.717, 1.165) is 11.5 Å². The summed E-state index contributed by atoms with van der Waals surface area (Å²) in [5, 5.41) is 5.11. The van der Waals surface area contributed by atoms with Crippen LogP contribution in [-0.2, 0) is 7.05 Å². The van der Waals surface area contributed by atoms with Crippen molar-refractivity contribution in [3.8, 4) is 22.8 Å². The Kier molecular flexibility index (Phi) is 3.58. The average Bonchev–Trinajstić information content (AvgIpc) is 2.68. The minimum atomic E-state index is 0.460. The molecular formula is C26H26NO+. The Labute approximate surface area is 166 Å². The maximum absolute atomic E-state index is 6.66. The first-order valence-corrected chi connectivity index (χ1v) is 10.1. The molecule has 0 radical (unpaired) electrons. The summed E-state index contributed by atoms with van der Waals surface area (Å²) in [6.07, 6.45) is 2.25. The second-order valence-electron chi connectivity index (χ2n) is 8.47. The van der Waals surface area contributed by atoms with Crippen LogP contribution in [0.1, 0.15) is 42.0 Å². The van der Waals surface area contributed by atoms with Crippen LogP contribution in [0.25, 0.3) is 32.8 Å². The lowest BCUT2D eigenvalue weighted by atomic mass is 9.87. The average molecular weight is 369 g/mol. The highest BCUT2D eigenvalue weighted by Crippen LogP contribution is 2.51. The van der Waals surface area contributed by atoms with Crippen molar-refractivity contribution in [2.45, 2.75) is 40.5 Å². The molecule has 0 bridgehead atoms. The number of pyridine rings is 1. The standard InChI is InChI=1S/C26H26NO/c1-14(2)18-11-21-15(3)13-27(6)25-23-16(4)19-9-7-8-10-20(19)17(5)26(23)28-22(12-18)24(21)25/h7-14H,1-6H3/q+1. The van der Waals surface area contributed by atoms with Gasteiger partial charge in [-0.25, -0.2) is 0 Å². The second kappa shape index (κ2) is 5.81. The van der Waals surface area contributed by atoms with Crippen molar-refractivity contribution in [1.82, 2.24) is 0 Å². The van der Waals surface area contributed by atoms with Crippen molar-refractivity contribution in [3.63, 3.8) is 0 Å². The zero-order valence-electron chi connectivity index (χ0n) is 17.5. The largest absolute Gasteiger partial charge is 0.455 e. The lowest BCUT2D eigenvalue weighted by Crippen LogP contribution is -2.32. The van der Waals surface area contributed by atoms with Gasteiger partial charge in [-0.3, -0.25) is 0 Å². The summed E-state index contributed by atoms with van der Waals surface area (Å²) < 4.78 is 8.93. The summed E-state index contributed by atoms with van der Waals surface area (Å²) in [4.78, 5) is 0. The maximum Gasteiger partial charge on any atom is 0.228 e. The molecule has 1 aliphatic heterocycles. The lowest BCUT2D eigenvalue weighted by molar-refractivity contribution is -0.659. The van der Waals surface area contributed by atoms with Gasteiger partial charge in [0.1, 0.15) is 18.5 Å². The molecule has 0 fully saturated rings. The van der Waals surface area contributed by atoms with Crippen LogP contribution in [0.15, 0.2) is 42.6 Å². The van der Waals surface area contributed by atoms with E-state index in [1.807, 2.05) is 0 Å². The predicted molar refractivity (Wildman–Crippen MR) is 116 cm³/mol. The van der Waals surface area contributed by atoms with E-state index in [9.17, 15) is 0 Å². The molecule has 28 heavy (non-hydrogen) atoms. The third-order valence-corrected chi connectivity index (χ3v) is 6.32. The molecular weight excluding hydrogens is 342 g/mol. The van der Waals surface area contributed by atoms with Gasteiger partial charge >= 0.3 is 0 Å². The van der Waals surface area contributed by atoms with Crippen LogP contribution < -0.4 is 9.30 Å². The van der Waals surface area contributed by atoms with E-state index in [1.165, 1.54) is 55.1 Å². The van der Waals surface area contributed by atoms with Crippen LogP contribution in [0.4, 0.5) is 0 Å². The van der Waals surface area contributed by atoms with E-state index in [1.54, 1.807) is 0 Å². The summed E-state index contributed by atoms with van der Waals surface area (Å²) in [5.74, 6) is 2.45. The minimum Gasteiger partial charge on any atom is -0.455 e. The number of rotatable bonds is 1. The molecule has 2 nitrogen and oxygen atoms in total. The third-order valence-electron chi connectivity index (χ3n) is 6.32. The van der Waals surface area contributed by atoms with Gasteiger partial charge in [-0.15, -0.1) is 0 Å². The number of benzene rings is 3. The van der Waals surface area contributed by atoms with E-state index in [0.29, 0.717) is 5.92 Å². The van der Waals surface area contributed by atoms with Gasteiger partial charge in [0.05, 0.1) is 10.9 Å². The van der Waals surface area contributed by atoms with Gasteiger partial charge in [0, 0.05) is 16.5 Å². The van der Waals surface area contributed by atoms with Gasteiger partial charge in [-0.1, -0.05) is 38.1 Å². The molecule has 0 spiro atoms. The van der Waals surface area contributed by atoms with Crippen molar-refractivity contribution in [1.29, 1.82) is 0 Å². The Morgan fingerprint density at radius 2 is 1.57 bits per heavy atom. The summed E-state index contributed by atoms with van der Waals surface area (Å²) in [5.41, 5.74) is 7.60. The van der Waals surface area contributed by atoms with Gasteiger partial charge in [0.25, 0.3) is 0 Å². The van der Waals surface area contributed by atoms with Crippen LogP contribution >= 0.6 is 0 Å². The second-order valence-corrected chi connectivity index (χ2v) is 8.47. The number of ether oxygens (including phenoxy) is 1. The van der Waals surface area contributed by atoms with Crippen LogP contribution in [-0.4, -0.2) is 0 Å². The summed E-state index contributed by atoms with van der Waals surface area (Å²) in [6, 6.07) is 13.2. The highest BCUT2D eigenvalue weighted by molar-refractivity contribution is 6.07. The third kappa shape index (κ3) is 2.18. The molecule has 1 aliphatic rings. The van der Waals surface area contributed by atoms with Gasteiger partial charge in [0.2, 0.25) is 5.69 Å². The fraction of sp³-hybridized carbons (Fsp3) is 0.269. The van der Waals surface area contributed by atoms with Crippen LogP contribution in [0.5, 0.6) is 11.5 Å². The van der Waals surface area contributed by atoms with Gasteiger partial charge < -0.3 is 4.74 Å². The van der Waals surface area contributed by atoms with E-state index in [2.05, 4.69) is 88.8 Å². The Balaban J connectivity index is 2.01. The number of hydrogen-bond acceptors (Lipinski definition) is 1. The summed E-state index contributed by atoms with van der Waals surface area (Å²) in [7, 11) is 2.15. The van der Waals surface area contributed by atoms with Crippen molar-refractivity contribution in [3.05, 3.63) is 64.8 Å². The molecule has 0 atom stereocenters. The normalized spacial score (nSPS) is 12.5. The monoisotopic (exact) mass is 368 g/mol. The SMILES string of the molecule is Cc1c2c(c(C)c3ccccc13)-c1c3c(cc(C(C)C)cc3c(C)c[n+]1C)O2. The molecule has 2 heteroatoms. The van der Waals surface area contributed by atoms with E-state index < -0.39 is 0 Å². The van der Waals surface area contributed by atoms with Crippen molar-refractivity contribution in [2.75, 3.05) is 0 Å². The Morgan fingerprint density at radius 1 is 0.893 bits per heavy atom. The topological polar surface area (TPSA) is 13.1 Å². The molecule has 3 aromatic carbocycles. The zero-order valence-corrected chi connectivity index (χ0v) is 17.5. The number of fused-ring (bicyclic) bond motifs is 3. The summed E-state index contributed by atoms with van der Waals surface area (Å²) >= 11 is 0. The molecule has 140 valence electrons. The number of aryl methyl sites for hydroxylation is 4. The molecule has 0 aliphatic carbocycles. The fourth-order valence-electron chi connectivity index (χ4n) is 4.78. The predicted octanol–water partition coefficient (Wildman–Crippen LogP) is 6.64. The van der Waals surface area contributed by atoms with Crippen molar-refractivity contribution >= 4 is 21.5 Å². The minimum absolute atomic E-state index is 0.460. The molecule has 2 heterocycles. The molecule has 0 N–H and O–H groups in total. The Hall–Kier alpha value is -2.87. The number of aromatic nitrogens is 1. The molecule has 0 saturated heterocycles. The zero-order chi connectivity index (χ0) is 19.7. The Bertz CT molecular complexity index is 1300. The Morgan fingerprint density at radius 3 is 2.25 bits per heavy atom. The highest BCUT2D eigenvalue weighted by Gasteiger charge is 2.32. The van der Waals surface area contributed by atoms with Crippen LogP contribution in [0.2, 0.25) is 0 Å². The lowest BCUT2D eigenvalue weighted by Gasteiger charge is -2.25. The maximum atomic E-state index is 6.66. The van der Waals surface area contributed by atoms with Crippen molar-refractivity contribution < 1.29 is 9.30 Å². The van der Waals surface area contributed by atoms with Crippen molar-refractivity contribution in [2.24, 2.45) is 7.05 Å². The van der Waals surface area contributed by atoms with Gasteiger partial charge in [-0.2, -0.15) is 4.57 Å². The molecule has 1 aromatic heterocycles. The van der Waals surface area contributed by atoms with E-state index in [-0.39, 0.29) is 0 Å². The molecule has 5 rings (SSSR count). The van der Waals surface area contributed by atoms with Crippen LogP contribution in [0.3, 0.4) is 0 Å². The van der Waals surface area contributed by atoms with E-state index in [4.69, 9.17) is 4.74 Å². The first-order chi connectivity index (χ1) is 13.4. The smallest absolute Gasteiger partial charge is 0.228 e. The number of nitrogens with zero attached hydrogens (tertiary/aromatic N) is 1. The van der Waals surface area contributed by atoms with Gasteiger partial charge in [-0.05, 0) is 60.7 Å². The molecule has 4 aromatic rings. The van der Waals surface area contributed by atoms with Gasteiger partial charge in [0.15, 0.2) is 6.20 Å². The molecule has 0 amide bonds. The molecule has 0 saturated carbocycles. The highest BCUT2D eigenvalue weighted by atomic mass is 16.5. The van der Waals surface area contributed by atoms with Crippen LogP contribution in [0, 0.1) is 20.8 Å². The first-order valence-electron chi connectivity index (χ1n) is 10.1. The first kappa shape index (κ1) is 17.2. The number of hydrogen-bond donors (Lipinski definition) is 0. The quantitative estimate of drug-likeness (QED) is 0.302. The van der Waals surface area contributed by atoms with E-state index >= 15 is 0 Å². The summed E-state index contributed by atoms with van der Waals surface area (Å²) in [6.45, 7) is 11.1. The fourth-order valence-corrected chi connectivity index (χ4v) is 4.78.